The molecule has 0 spiro atoms. The van der Waals surface area contributed by atoms with Crippen LogP contribution in [0.5, 0.6) is 0 Å². The summed E-state index contributed by atoms with van der Waals surface area (Å²) < 4.78 is -2.46. The summed E-state index contributed by atoms with van der Waals surface area (Å²) in [4.78, 5) is 20.2. The Morgan fingerprint density at radius 3 is 1.33 bits per heavy atom. The molecule has 0 aliphatic rings. The zero-order valence-corrected chi connectivity index (χ0v) is 8.27. The monoisotopic (exact) mass is 258 g/mol. The molecule has 0 rings (SSSR count). The number of hydrogen-bond donors (Lipinski definition) is 2. The van der Waals surface area contributed by atoms with Gasteiger partial charge in [-0.25, -0.2) is 0 Å². The molecule has 0 aromatic carbocycles. The van der Waals surface area contributed by atoms with Gasteiger partial charge in [-0.15, -0.1) is 0 Å². The molecular weight excluding hydrogens is 251 g/mol. The van der Waals surface area contributed by atoms with Gasteiger partial charge in [-0.2, -0.15) is 0 Å². The first-order valence-electron chi connectivity index (χ1n) is 1.62. The topological polar surface area (TPSA) is 74.6 Å². The quantitative estimate of drug-likeness (QED) is 0.573. The molecule has 0 aromatic rings. The van der Waals surface area contributed by atoms with Crippen LogP contribution in [0.1, 0.15) is 0 Å². The van der Waals surface area contributed by atoms with Gasteiger partial charge in [0.05, 0.1) is 0 Å². The summed E-state index contributed by atoms with van der Waals surface area (Å²) in [7, 11) is 3.76. The predicted molar refractivity (Wildman–Crippen MR) is 35.5 cm³/mol. The Balaban J connectivity index is 4.38. The van der Waals surface area contributed by atoms with Gasteiger partial charge >= 0.3 is 57.9 Å². The van der Waals surface area contributed by atoms with Crippen molar-refractivity contribution >= 4 is 24.3 Å². The van der Waals surface area contributed by atoms with Crippen LogP contribution in [0, 0.1) is 0 Å². The summed E-state index contributed by atoms with van der Waals surface area (Å²) in [5, 5.41) is 16.5. The molecule has 0 aliphatic carbocycles. The average Bonchev–Trinajstić information content (AvgIpc) is 1.65. The van der Waals surface area contributed by atoms with E-state index < -0.39 is 22.9 Å². The molecule has 9 heavy (non-hydrogen) atoms. The molecule has 2 N–H and O–H groups in total. The van der Waals surface area contributed by atoms with E-state index in [1.165, 1.54) is 0 Å². The number of carbonyl (C=O) groups is 2. The van der Waals surface area contributed by atoms with Crippen molar-refractivity contribution in [1.82, 2.24) is 0 Å². The Labute approximate surface area is 58.3 Å². The van der Waals surface area contributed by atoms with Gasteiger partial charge in [-0.1, -0.05) is 0 Å². The Bertz CT molecular complexity index is 139. The summed E-state index contributed by atoms with van der Waals surface area (Å²) in [5.74, 6) is 0. The molecule has 56 valence electrons. The summed E-state index contributed by atoms with van der Waals surface area (Å²) in [5.41, 5.74) is 0. The average molecular weight is 257 g/mol. The molecule has 0 aliphatic heterocycles. The van der Waals surface area contributed by atoms with Crippen molar-refractivity contribution in [3.63, 3.8) is 0 Å². The molecule has 0 fully saturated rings. The molecule has 4 nitrogen and oxygen atoms in total. The molecule has 0 saturated heterocycles. The summed E-state index contributed by atoms with van der Waals surface area (Å²) in [6.07, 6.45) is 0. The van der Waals surface area contributed by atoms with E-state index in [9.17, 15) is 9.59 Å². The maximum absolute atomic E-state index is 10.1. The second kappa shape index (κ2) is 3.01. The van der Waals surface area contributed by atoms with Crippen molar-refractivity contribution in [2.45, 2.75) is 0 Å². The van der Waals surface area contributed by atoms with Crippen molar-refractivity contribution in [2.24, 2.45) is 0 Å². The van der Waals surface area contributed by atoms with Crippen LogP contribution in [-0.4, -0.2) is 19.3 Å². The van der Waals surface area contributed by atoms with Gasteiger partial charge in [0, 0.05) is 0 Å². The van der Waals surface area contributed by atoms with Gasteiger partial charge in [-0.3, -0.25) is 0 Å². The summed E-state index contributed by atoms with van der Waals surface area (Å²) in [6.45, 7) is 0. The normalized spacial score (nSPS) is 12.7. The Morgan fingerprint density at radius 2 is 1.33 bits per heavy atom. The van der Waals surface area contributed by atoms with Crippen LogP contribution < -0.4 is 0 Å². The molecule has 2 unspecified atom stereocenters. The molecular formula is C2H6O4P2Ru. The van der Waals surface area contributed by atoms with Crippen LogP contribution >= 0.6 is 15.1 Å². The van der Waals surface area contributed by atoms with E-state index in [1.54, 1.807) is 0 Å². The van der Waals surface area contributed by atoms with Crippen LogP contribution in [-0.2, 0) is 13.8 Å². The Kier molecular flexibility index (Phi) is 3.15. The molecule has 0 radical (unpaired) electrons. The van der Waals surface area contributed by atoms with Gasteiger partial charge in [0.2, 0.25) is 0 Å². The maximum atomic E-state index is 10.1. The SMILES string of the molecule is O=[C](O)[Ru]([PH2])([PH2])[C](=O)O. The zero-order valence-electron chi connectivity index (χ0n) is 4.22. The van der Waals surface area contributed by atoms with Crippen LogP contribution in [0.4, 0.5) is 9.59 Å². The van der Waals surface area contributed by atoms with Crippen LogP contribution in [0.3, 0.4) is 0 Å². The molecule has 0 saturated carbocycles. The second-order valence-electron chi connectivity index (χ2n) is 1.10. The molecule has 2 atom stereocenters. The van der Waals surface area contributed by atoms with Crippen LogP contribution in [0.15, 0.2) is 0 Å². The van der Waals surface area contributed by atoms with E-state index in [2.05, 4.69) is 0 Å². The molecule has 0 heterocycles. The van der Waals surface area contributed by atoms with Crippen molar-refractivity contribution in [2.75, 3.05) is 0 Å². The Morgan fingerprint density at radius 1 is 1.11 bits per heavy atom. The number of carboxylic acid groups (broad SMARTS) is 2. The summed E-state index contributed by atoms with van der Waals surface area (Å²) in [6, 6.07) is 0. The van der Waals surface area contributed by atoms with Crippen molar-refractivity contribution in [1.29, 1.82) is 0 Å². The fourth-order valence-electron chi connectivity index (χ4n) is 0.0647. The standard InChI is InChI=1S/2CHO2.2H2P.Ru/c2*2-1-3;;;/h2*(H,2,3);2*1H2;/q;;2*-1;+2. The van der Waals surface area contributed by atoms with Gasteiger partial charge in [0.25, 0.3) is 0 Å². The second-order valence-corrected chi connectivity index (χ2v) is 16.0. The van der Waals surface area contributed by atoms with Gasteiger partial charge in [0.15, 0.2) is 0 Å². The third kappa shape index (κ3) is 2.25. The molecule has 0 bridgehead atoms. The van der Waals surface area contributed by atoms with Crippen molar-refractivity contribution in [3.8, 4) is 0 Å². The van der Waals surface area contributed by atoms with E-state index in [-0.39, 0.29) is 0 Å². The van der Waals surface area contributed by atoms with E-state index in [0.29, 0.717) is 0 Å². The minimum absolute atomic E-state index is 1.23. The molecule has 7 heteroatoms. The van der Waals surface area contributed by atoms with Crippen molar-refractivity contribution in [3.05, 3.63) is 0 Å². The van der Waals surface area contributed by atoms with E-state index in [4.69, 9.17) is 10.2 Å². The van der Waals surface area contributed by atoms with Gasteiger partial charge < -0.3 is 0 Å². The Hall–Kier alpha value is 0.423. The minimum atomic E-state index is -3.50. The van der Waals surface area contributed by atoms with Crippen LogP contribution in [0.2, 0.25) is 0 Å². The van der Waals surface area contributed by atoms with Crippen molar-refractivity contribution < 1.29 is 33.6 Å². The van der Waals surface area contributed by atoms with E-state index in [1.807, 2.05) is 15.1 Å². The number of rotatable bonds is 2. The fourth-order valence-corrected chi connectivity index (χ4v) is 0.383. The van der Waals surface area contributed by atoms with Gasteiger partial charge in [0.1, 0.15) is 0 Å². The first-order chi connectivity index (χ1) is 3.89. The molecule has 0 amide bonds. The van der Waals surface area contributed by atoms with E-state index >= 15 is 0 Å². The first kappa shape index (κ1) is 9.42. The molecule has 0 aromatic heterocycles. The predicted octanol–water partition coefficient (Wildman–Crippen LogP) is 1.08. The third-order valence-electron chi connectivity index (χ3n) is 0.500. The first-order valence-corrected chi connectivity index (χ1v) is 10.2. The fraction of sp³-hybridized carbons (Fsp3) is 0. The zero-order chi connectivity index (χ0) is 7.65. The van der Waals surface area contributed by atoms with Crippen LogP contribution in [0.25, 0.3) is 0 Å². The van der Waals surface area contributed by atoms with Gasteiger partial charge in [-0.05, 0) is 0 Å². The third-order valence-corrected chi connectivity index (χ3v) is 7.09. The van der Waals surface area contributed by atoms with E-state index in [0.717, 1.165) is 0 Å². The number of hydrogen-bond acceptors (Lipinski definition) is 2. The summed E-state index contributed by atoms with van der Waals surface area (Å²) >= 11 is -3.50.